The van der Waals surface area contributed by atoms with Gasteiger partial charge in [-0.05, 0) is 68.5 Å². The number of ether oxygens (including phenoxy) is 1. The van der Waals surface area contributed by atoms with Gasteiger partial charge in [0.15, 0.2) is 0 Å². The molecule has 2 fully saturated rings. The lowest BCUT2D eigenvalue weighted by molar-refractivity contribution is -0.117. The van der Waals surface area contributed by atoms with Crippen LogP contribution in [0, 0.1) is 5.82 Å². The van der Waals surface area contributed by atoms with Gasteiger partial charge in [-0.3, -0.25) is 9.59 Å². The van der Waals surface area contributed by atoms with E-state index in [2.05, 4.69) is 5.32 Å². The van der Waals surface area contributed by atoms with Crippen molar-refractivity contribution >= 4 is 23.2 Å². The van der Waals surface area contributed by atoms with E-state index >= 15 is 0 Å². The van der Waals surface area contributed by atoms with Gasteiger partial charge in [-0.2, -0.15) is 0 Å². The van der Waals surface area contributed by atoms with Gasteiger partial charge >= 0.3 is 0 Å². The molecule has 28 heavy (non-hydrogen) atoms. The van der Waals surface area contributed by atoms with Crippen molar-refractivity contribution in [2.45, 2.75) is 44.6 Å². The molecule has 6 heteroatoms. The first-order valence-electron chi connectivity index (χ1n) is 9.78. The lowest BCUT2D eigenvalue weighted by atomic mass is 10.2. The van der Waals surface area contributed by atoms with Crippen LogP contribution in [0.5, 0.6) is 5.75 Å². The number of rotatable bonds is 5. The van der Waals surface area contributed by atoms with Crippen LogP contribution in [0.25, 0.3) is 0 Å². The topological polar surface area (TPSA) is 58.6 Å². The third-order valence-electron chi connectivity index (χ3n) is 5.27. The number of benzene rings is 2. The second kappa shape index (κ2) is 8.00. The SMILES string of the molecule is O=C(Nc1ccc(N2CCCC2=O)c(F)c1)c1cccc(OC2CCCC2)c1. The Balaban J connectivity index is 1.44. The van der Waals surface area contributed by atoms with Crippen LogP contribution in [-0.4, -0.2) is 24.5 Å². The maximum Gasteiger partial charge on any atom is 0.255 e. The molecule has 2 amide bonds. The highest BCUT2D eigenvalue weighted by Crippen LogP contribution is 2.28. The quantitative estimate of drug-likeness (QED) is 0.827. The first-order chi connectivity index (χ1) is 13.6. The Kier molecular flexibility index (Phi) is 5.28. The molecule has 5 nitrogen and oxygen atoms in total. The van der Waals surface area contributed by atoms with E-state index in [9.17, 15) is 14.0 Å². The number of nitrogens with zero attached hydrogens (tertiary/aromatic N) is 1. The van der Waals surface area contributed by atoms with Gasteiger partial charge in [-0.15, -0.1) is 0 Å². The van der Waals surface area contributed by atoms with E-state index in [1.165, 1.54) is 29.9 Å². The molecule has 0 bridgehead atoms. The van der Waals surface area contributed by atoms with E-state index in [4.69, 9.17) is 4.74 Å². The van der Waals surface area contributed by atoms with Crippen molar-refractivity contribution in [2.24, 2.45) is 0 Å². The number of hydrogen-bond donors (Lipinski definition) is 1. The number of hydrogen-bond acceptors (Lipinski definition) is 3. The largest absolute Gasteiger partial charge is 0.490 e. The van der Waals surface area contributed by atoms with Crippen molar-refractivity contribution in [3.05, 3.63) is 53.8 Å². The highest BCUT2D eigenvalue weighted by atomic mass is 19.1. The summed E-state index contributed by atoms with van der Waals surface area (Å²) in [6.07, 6.45) is 5.83. The monoisotopic (exact) mass is 382 g/mol. The number of nitrogens with one attached hydrogen (secondary N) is 1. The first kappa shape index (κ1) is 18.5. The van der Waals surface area contributed by atoms with Crippen molar-refractivity contribution in [3.8, 4) is 5.75 Å². The molecule has 1 aliphatic heterocycles. The molecule has 4 rings (SSSR count). The molecule has 2 aromatic carbocycles. The normalized spacial score (nSPS) is 17.2. The van der Waals surface area contributed by atoms with Crippen molar-refractivity contribution in [1.29, 1.82) is 0 Å². The minimum atomic E-state index is -0.522. The van der Waals surface area contributed by atoms with E-state index in [1.54, 1.807) is 24.3 Å². The Morgan fingerprint density at radius 3 is 2.64 bits per heavy atom. The van der Waals surface area contributed by atoms with Crippen LogP contribution in [0.1, 0.15) is 48.9 Å². The van der Waals surface area contributed by atoms with Crippen LogP contribution in [0.15, 0.2) is 42.5 Å². The fourth-order valence-corrected chi connectivity index (χ4v) is 3.82. The molecule has 0 aromatic heterocycles. The van der Waals surface area contributed by atoms with Gasteiger partial charge in [-0.25, -0.2) is 4.39 Å². The van der Waals surface area contributed by atoms with Gasteiger partial charge in [-0.1, -0.05) is 6.07 Å². The Morgan fingerprint density at radius 2 is 1.93 bits per heavy atom. The van der Waals surface area contributed by atoms with Crippen molar-refractivity contribution < 1.29 is 18.7 Å². The summed E-state index contributed by atoms with van der Waals surface area (Å²) >= 11 is 0. The summed E-state index contributed by atoms with van der Waals surface area (Å²) in [6.45, 7) is 0.523. The highest BCUT2D eigenvalue weighted by Gasteiger charge is 2.24. The first-order valence-corrected chi connectivity index (χ1v) is 9.78. The lowest BCUT2D eigenvalue weighted by Crippen LogP contribution is -2.24. The highest BCUT2D eigenvalue weighted by molar-refractivity contribution is 6.04. The summed E-state index contributed by atoms with van der Waals surface area (Å²) in [5.41, 5.74) is 1.06. The van der Waals surface area contributed by atoms with Crippen LogP contribution >= 0.6 is 0 Å². The predicted molar refractivity (Wildman–Crippen MR) is 105 cm³/mol. The molecule has 2 aromatic rings. The Morgan fingerprint density at radius 1 is 1.11 bits per heavy atom. The summed E-state index contributed by atoms with van der Waals surface area (Å²) in [5, 5.41) is 2.71. The van der Waals surface area contributed by atoms with Crippen LogP contribution in [0.4, 0.5) is 15.8 Å². The minimum Gasteiger partial charge on any atom is -0.490 e. The molecule has 1 saturated heterocycles. The van der Waals surface area contributed by atoms with E-state index in [0.717, 1.165) is 19.3 Å². The van der Waals surface area contributed by atoms with Crippen molar-refractivity contribution in [2.75, 3.05) is 16.8 Å². The van der Waals surface area contributed by atoms with Gasteiger partial charge in [0.25, 0.3) is 5.91 Å². The van der Waals surface area contributed by atoms with E-state index in [-0.39, 0.29) is 23.6 Å². The Bertz CT molecular complexity index is 893. The van der Waals surface area contributed by atoms with Crippen LogP contribution in [-0.2, 0) is 4.79 Å². The zero-order valence-electron chi connectivity index (χ0n) is 15.6. The van der Waals surface area contributed by atoms with Crippen LogP contribution < -0.4 is 15.0 Å². The summed E-state index contributed by atoms with van der Waals surface area (Å²) in [7, 11) is 0. The van der Waals surface area contributed by atoms with Crippen molar-refractivity contribution in [1.82, 2.24) is 0 Å². The third kappa shape index (κ3) is 4.01. The Hall–Kier alpha value is -2.89. The predicted octanol–water partition coefficient (Wildman–Crippen LogP) is 4.53. The lowest BCUT2D eigenvalue weighted by Gasteiger charge is -2.17. The average molecular weight is 382 g/mol. The minimum absolute atomic E-state index is 0.0743. The molecular weight excluding hydrogens is 359 g/mol. The average Bonchev–Trinajstić information content (AvgIpc) is 3.34. The molecule has 0 spiro atoms. The third-order valence-corrected chi connectivity index (χ3v) is 5.27. The molecule has 1 saturated carbocycles. The number of anilines is 2. The summed E-state index contributed by atoms with van der Waals surface area (Å²) in [6, 6.07) is 11.4. The molecule has 2 aliphatic rings. The van der Waals surface area contributed by atoms with Crippen LogP contribution in [0.3, 0.4) is 0 Å². The van der Waals surface area contributed by atoms with E-state index < -0.39 is 5.82 Å². The van der Waals surface area contributed by atoms with Crippen LogP contribution in [0.2, 0.25) is 0 Å². The van der Waals surface area contributed by atoms with Gasteiger partial charge < -0.3 is 15.0 Å². The number of amides is 2. The summed E-state index contributed by atoms with van der Waals surface area (Å²) in [4.78, 5) is 25.8. The Labute approximate surface area is 163 Å². The van der Waals surface area contributed by atoms with Gasteiger partial charge in [0, 0.05) is 24.2 Å². The number of halogens is 1. The molecular formula is C22H23FN2O3. The fraction of sp³-hybridized carbons (Fsp3) is 0.364. The van der Waals surface area contributed by atoms with E-state index in [1.807, 2.05) is 6.07 Å². The number of carbonyl (C=O) groups is 2. The second-order valence-corrected chi connectivity index (χ2v) is 7.32. The van der Waals surface area contributed by atoms with E-state index in [0.29, 0.717) is 30.0 Å². The maximum atomic E-state index is 14.5. The molecule has 0 atom stereocenters. The van der Waals surface area contributed by atoms with Gasteiger partial charge in [0.2, 0.25) is 5.91 Å². The molecule has 146 valence electrons. The maximum absolute atomic E-state index is 14.5. The standard InChI is InChI=1S/C22H23FN2O3/c23-19-14-16(10-11-20(19)25-12-4-9-21(25)26)24-22(27)15-5-3-8-18(13-15)28-17-6-1-2-7-17/h3,5,8,10-11,13-14,17H,1-2,4,6-7,9,12H2,(H,24,27). The summed E-state index contributed by atoms with van der Waals surface area (Å²) < 4.78 is 20.4. The number of carbonyl (C=O) groups excluding carboxylic acids is 2. The van der Waals surface area contributed by atoms with Gasteiger partial charge in [0.1, 0.15) is 11.6 Å². The van der Waals surface area contributed by atoms with Crippen molar-refractivity contribution in [3.63, 3.8) is 0 Å². The summed E-state index contributed by atoms with van der Waals surface area (Å²) in [5.74, 6) is -0.254. The second-order valence-electron chi connectivity index (χ2n) is 7.32. The molecule has 1 N–H and O–H groups in total. The molecule has 0 unspecified atom stereocenters. The zero-order chi connectivity index (χ0) is 19.5. The smallest absolute Gasteiger partial charge is 0.255 e. The zero-order valence-corrected chi connectivity index (χ0v) is 15.6. The molecule has 0 radical (unpaired) electrons. The molecule has 1 aliphatic carbocycles. The van der Waals surface area contributed by atoms with Gasteiger partial charge in [0.05, 0.1) is 11.8 Å². The fourth-order valence-electron chi connectivity index (χ4n) is 3.82. The molecule has 1 heterocycles.